The van der Waals surface area contributed by atoms with Crippen molar-refractivity contribution in [2.45, 2.75) is 26.1 Å². The van der Waals surface area contributed by atoms with Gasteiger partial charge in [0, 0.05) is 17.1 Å². The van der Waals surface area contributed by atoms with Crippen LogP contribution in [0, 0.1) is 0 Å². The lowest BCUT2D eigenvalue weighted by Crippen LogP contribution is -2.18. The minimum absolute atomic E-state index is 0.0983. The number of rotatable bonds is 5. The van der Waals surface area contributed by atoms with E-state index in [0.29, 0.717) is 0 Å². The molecule has 0 bridgehead atoms. The third kappa shape index (κ3) is 3.90. The SMILES string of the molecule is C[C@@H](NCc1ccc(CO)cc1)c1ccccc1Br. The Labute approximate surface area is 122 Å². The van der Waals surface area contributed by atoms with Crippen molar-refractivity contribution in [1.29, 1.82) is 0 Å². The van der Waals surface area contributed by atoms with Gasteiger partial charge in [0.05, 0.1) is 6.61 Å². The van der Waals surface area contributed by atoms with Crippen LogP contribution in [0.1, 0.15) is 29.7 Å². The van der Waals surface area contributed by atoms with Gasteiger partial charge in [-0.3, -0.25) is 0 Å². The third-order valence-corrected chi connectivity index (χ3v) is 3.91. The average Bonchev–Trinajstić information content (AvgIpc) is 2.46. The summed E-state index contributed by atoms with van der Waals surface area (Å²) >= 11 is 3.57. The summed E-state index contributed by atoms with van der Waals surface area (Å²) in [7, 11) is 0. The molecule has 2 aromatic carbocycles. The van der Waals surface area contributed by atoms with Gasteiger partial charge in [-0.1, -0.05) is 58.4 Å². The number of aliphatic hydroxyl groups is 1. The maximum absolute atomic E-state index is 9.00. The van der Waals surface area contributed by atoms with Crippen LogP contribution in [0.4, 0.5) is 0 Å². The maximum atomic E-state index is 9.00. The quantitative estimate of drug-likeness (QED) is 0.878. The van der Waals surface area contributed by atoms with Crippen LogP contribution in [0.3, 0.4) is 0 Å². The molecule has 0 spiro atoms. The summed E-state index contributed by atoms with van der Waals surface area (Å²) in [5.74, 6) is 0. The lowest BCUT2D eigenvalue weighted by molar-refractivity contribution is 0.282. The molecule has 1 atom stereocenters. The van der Waals surface area contributed by atoms with Crippen LogP contribution in [0.2, 0.25) is 0 Å². The molecule has 0 aliphatic heterocycles. The standard InChI is InChI=1S/C16H18BrNO/c1-12(15-4-2-3-5-16(15)17)18-10-13-6-8-14(11-19)9-7-13/h2-9,12,18-19H,10-11H2,1H3/t12-/m1/s1. The molecule has 0 aliphatic rings. The molecule has 0 aromatic heterocycles. The smallest absolute Gasteiger partial charge is 0.0681 e. The van der Waals surface area contributed by atoms with Crippen molar-refractivity contribution >= 4 is 15.9 Å². The van der Waals surface area contributed by atoms with Gasteiger partial charge < -0.3 is 10.4 Å². The van der Waals surface area contributed by atoms with Gasteiger partial charge in [-0.15, -0.1) is 0 Å². The highest BCUT2D eigenvalue weighted by molar-refractivity contribution is 9.10. The summed E-state index contributed by atoms with van der Waals surface area (Å²) in [6.45, 7) is 3.07. The summed E-state index contributed by atoms with van der Waals surface area (Å²) in [6, 6.07) is 16.5. The van der Waals surface area contributed by atoms with E-state index in [-0.39, 0.29) is 12.6 Å². The number of halogens is 1. The van der Waals surface area contributed by atoms with Crippen LogP contribution < -0.4 is 5.32 Å². The van der Waals surface area contributed by atoms with Gasteiger partial charge >= 0.3 is 0 Å². The lowest BCUT2D eigenvalue weighted by atomic mass is 10.1. The highest BCUT2D eigenvalue weighted by Gasteiger charge is 2.07. The van der Waals surface area contributed by atoms with E-state index in [2.05, 4.69) is 40.3 Å². The monoisotopic (exact) mass is 319 g/mol. The molecule has 0 aliphatic carbocycles. The first-order chi connectivity index (χ1) is 9.20. The molecule has 19 heavy (non-hydrogen) atoms. The molecule has 0 fully saturated rings. The summed E-state index contributed by atoms with van der Waals surface area (Å²) in [5.41, 5.74) is 3.42. The van der Waals surface area contributed by atoms with Crippen LogP contribution >= 0.6 is 15.9 Å². The van der Waals surface area contributed by atoms with Crippen molar-refractivity contribution in [2.24, 2.45) is 0 Å². The zero-order valence-corrected chi connectivity index (χ0v) is 12.5. The number of hydrogen-bond acceptors (Lipinski definition) is 2. The van der Waals surface area contributed by atoms with E-state index < -0.39 is 0 Å². The molecular formula is C16H18BrNO. The molecule has 0 saturated heterocycles. The van der Waals surface area contributed by atoms with Gasteiger partial charge in [0.2, 0.25) is 0 Å². The van der Waals surface area contributed by atoms with Crippen molar-refractivity contribution in [3.05, 3.63) is 69.7 Å². The summed E-state index contributed by atoms with van der Waals surface area (Å²) in [6.07, 6.45) is 0. The molecule has 0 unspecified atom stereocenters. The molecule has 0 radical (unpaired) electrons. The molecule has 2 nitrogen and oxygen atoms in total. The summed E-state index contributed by atoms with van der Waals surface area (Å²) in [4.78, 5) is 0. The summed E-state index contributed by atoms with van der Waals surface area (Å²) in [5, 5.41) is 12.5. The topological polar surface area (TPSA) is 32.3 Å². The predicted molar refractivity (Wildman–Crippen MR) is 81.8 cm³/mol. The van der Waals surface area contributed by atoms with Crippen LogP contribution in [0.25, 0.3) is 0 Å². The van der Waals surface area contributed by atoms with Gasteiger partial charge in [-0.25, -0.2) is 0 Å². The van der Waals surface area contributed by atoms with Gasteiger partial charge in [0.15, 0.2) is 0 Å². The number of benzene rings is 2. The Hall–Kier alpha value is -1.16. The zero-order valence-electron chi connectivity index (χ0n) is 10.9. The molecule has 0 amide bonds. The molecule has 2 rings (SSSR count). The van der Waals surface area contributed by atoms with Crippen LogP contribution in [-0.2, 0) is 13.2 Å². The van der Waals surface area contributed by atoms with Gasteiger partial charge in [-0.2, -0.15) is 0 Å². The molecule has 3 heteroatoms. The van der Waals surface area contributed by atoms with Crippen LogP contribution in [-0.4, -0.2) is 5.11 Å². The predicted octanol–water partition coefficient (Wildman–Crippen LogP) is 3.79. The first kappa shape index (κ1) is 14.3. The van der Waals surface area contributed by atoms with Gasteiger partial charge in [0.1, 0.15) is 0 Å². The Morgan fingerprint density at radius 2 is 1.68 bits per heavy atom. The number of hydrogen-bond donors (Lipinski definition) is 2. The number of aliphatic hydroxyl groups excluding tert-OH is 1. The Balaban J connectivity index is 1.96. The van der Waals surface area contributed by atoms with Crippen molar-refractivity contribution in [3.8, 4) is 0 Å². The molecule has 0 heterocycles. The normalized spacial score (nSPS) is 12.4. The van der Waals surface area contributed by atoms with Crippen LogP contribution in [0.15, 0.2) is 53.0 Å². The van der Waals surface area contributed by atoms with Gasteiger partial charge in [0.25, 0.3) is 0 Å². The highest BCUT2D eigenvalue weighted by Crippen LogP contribution is 2.22. The minimum atomic E-state index is 0.0983. The molecule has 0 saturated carbocycles. The molecular weight excluding hydrogens is 302 g/mol. The van der Waals surface area contributed by atoms with E-state index in [1.807, 2.05) is 36.4 Å². The average molecular weight is 320 g/mol. The van der Waals surface area contributed by atoms with Crippen molar-refractivity contribution < 1.29 is 5.11 Å². The second-order valence-electron chi connectivity index (χ2n) is 4.60. The Morgan fingerprint density at radius 3 is 2.32 bits per heavy atom. The number of nitrogens with one attached hydrogen (secondary N) is 1. The minimum Gasteiger partial charge on any atom is -0.392 e. The molecule has 2 N–H and O–H groups in total. The van der Waals surface area contributed by atoms with E-state index in [1.165, 1.54) is 11.1 Å². The maximum Gasteiger partial charge on any atom is 0.0681 e. The molecule has 100 valence electrons. The Bertz CT molecular complexity index is 525. The Morgan fingerprint density at radius 1 is 1.05 bits per heavy atom. The zero-order chi connectivity index (χ0) is 13.7. The highest BCUT2D eigenvalue weighted by atomic mass is 79.9. The van der Waals surface area contributed by atoms with E-state index in [4.69, 9.17) is 5.11 Å². The summed E-state index contributed by atoms with van der Waals surface area (Å²) < 4.78 is 1.13. The largest absolute Gasteiger partial charge is 0.392 e. The first-order valence-electron chi connectivity index (χ1n) is 6.37. The van der Waals surface area contributed by atoms with Crippen molar-refractivity contribution in [3.63, 3.8) is 0 Å². The second kappa shape index (κ2) is 6.85. The van der Waals surface area contributed by atoms with E-state index in [1.54, 1.807) is 0 Å². The third-order valence-electron chi connectivity index (χ3n) is 3.19. The lowest BCUT2D eigenvalue weighted by Gasteiger charge is -2.16. The van der Waals surface area contributed by atoms with Gasteiger partial charge in [-0.05, 0) is 29.7 Å². The van der Waals surface area contributed by atoms with Crippen molar-refractivity contribution in [1.82, 2.24) is 5.32 Å². The van der Waals surface area contributed by atoms with E-state index >= 15 is 0 Å². The molecule has 2 aromatic rings. The van der Waals surface area contributed by atoms with E-state index in [0.717, 1.165) is 16.6 Å². The second-order valence-corrected chi connectivity index (χ2v) is 5.45. The fraction of sp³-hybridized carbons (Fsp3) is 0.250. The first-order valence-corrected chi connectivity index (χ1v) is 7.16. The fourth-order valence-corrected chi connectivity index (χ4v) is 2.60. The van der Waals surface area contributed by atoms with E-state index in [9.17, 15) is 0 Å². The fourth-order valence-electron chi connectivity index (χ4n) is 1.97. The Kier molecular flexibility index (Phi) is 5.14. The van der Waals surface area contributed by atoms with Crippen molar-refractivity contribution in [2.75, 3.05) is 0 Å². The van der Waals surface area contributed by atoms with Crippen LogP contribution in [0.5, 0.6) is 0 Å².